The summed E-state index contributed by atoms with van der Waals surface area (Å²) in [7, 11) is 0. The molecule has 1 saturated heterocycles. The number of amides is 1. The molecule has 1 amide bonds. The van der Waals surface area contributed by atoms with Crippen LogP contribution in [0.25, 0.3) is 0 Å². The van der Waals surface area contributed by atoms with Gasteiger partial charge in [-0.2, -0.15) is 0 Å². The Morgan fingerprint density at radius 1 is 1.00 bits per heavy atom. The van der Waals surface area contributed by atoms with Crippen LogP contribution in [0.15, 0.2) is 36.4 Å². The van der Waals surface area contributed by atoms with Crippen molar-refractivity contribution >= 4 is 40.6 Å². The first kappa shape index (κ1) is 21.0. The lowest BCUT2D eigenvalue weighted by molar-refractivity contribution is -0.117. The van der Waals surface area contributed by atoms with E-state index in [-0.39, 0.29) is 24.2 Å². The number of anilines is 1. The van der Waals surface area contributed by atoms with Gasteiger partial charge in [-0.15, -0.1) is 0 Å². The molecule has 2 aliphatic heterocycles. The van der Waals surface area contributed by atoms with Crippen molar-refractivity contribution in [1.82, 2.24) is 4.90 Å². The number of benzene rings is 2. The minimum absolute atomic E-state index is 0.0649. The molecule has 2 aromatic carbocycles. The zero-order chi connectivity index (χ0) is 21.1. The number of piperidine rings is 1. The molecule has 1 fully saturated rings. The highest BCUT2D eigenvalue weighted by Crippen LogP contribution is 2.33. The molecule has 1 N–H and O–H groups in total. The van der Waals surface area contributed by atoms with Gasteiger partial charge in [-0.3, -0.25) is 14.5 Å². The summed E-state index contributed by atoms with van der Waals surface area (Å²) in [5, 5.41) is 3.58. The third-order valence-electron chi connectivity index (χ3n) is 5.38. The fourth-order valence-electron chi connectivity index (χ4n) is 3.78. The van der Waals surface area contributed by atoms with Gasteiger partial charge in [0.1, 0.15) is 13.2 Å². The Morgan fingerprint density at radius 2 is 1.67 bits per heavy atom. The molecule has 158 valence electrons. The number of nitrogens with one attached hydrogen (secondary N) is 1. The quantitative estimate of drug-likeness (QED) is 0.690. The molecule has 0 bridgehead atoms. The second-order valence-electron chi connectivity index (χ2n) is 7.42. The van der Waals surface area contributed by atoms with Crippen LogP contribution in [0.2, 0.25) is 10.0 Å². The first-order chi connectivity index (χ1) is 14.5. The lowest BCUT2D eigenvalue weighted by Gasteiger charge is -2.31. The molecule has 0 aromatic heterocycles. The monoisotopic (exact) mass is 448 g/mol. The summed E-state index contributed by atoms with van der Waals surface area (Å²) >= 11 is 12.2. The Hall–Kier alpha value is -2.28. The number of fused-ring (bicyclic) bond motifs is 1. The molecule has 30 heavy (non-hydrogen) atoms. The largest absolute Gasteiger partial charge is 0.486 e. The molecular weight excluding hydrogens is 427 g/mol. The van der Waals surface area contributed by atoms with E-state index in [1.165, 1.54) is 0 Å². The highest BCUT2D eigenvalue weighted by atomic mass is 35.5. The van der Waals surface area contributed by atoms with Gasteiger partial charge in [-0.1, -0.05) is 29.3 Å². The van der Waals surface area contributed by atoms with Crippen LogP contribution in [-0.4, -0.2) is 49.4 Å². The summed E-state index contributed by atoms with van der Waals surface area (Å²) in [6.07, 6.45) is 1.40. The van der Waals surface area contributed by atoms with E-state index in [0.717, 1.165) is 0 Å². The fourth-order valence-corrected chi connectivity index (χ4v) is 4.28. The number of carbonyl (C=O) groups excluding carboxylic acids is 2. The number of halogens is 2. The van der Waals surface area contributed by atoms with Gasteiger partial charge >= 0.3 is 0 Å². The minimum Gasteiger partial charge on any atom is -0.486 e. The summed E-state index contributed by atoms with van der Waals surface area (Å²) in [6, 6.07) is 10.4. The third kappa shape index (κ3) is 4.72. The van der Waals surface area contributed by atoms with Gasteiger partial charge in [-0.05, 0) is 56.3 Å². The number of Topliss-reactive ketones (excluding diaryl/α,β-unsaturated/α-hetero) is 1. The Bertz CT molecular complexity index is 938. The van der Waals surface area contributed by atoms with Crippen molar-refractivity contribution in [2.75, 3.05) is 38.2 Å². The molecule has 8 heteroatoms. The second-order valence-corrected chi connectivity index (χ2v) is 8.23. The maximum absolute atomic E-state index is 12.9. The Balaban J connectivity index is 1.30. The average Bonchev–Trinajstić information content (AvgIpc) is 2.76. The standard InChI is InChI=1S/C22H22Cl2N2O4/c23-16-2-1-3-17(24)21(16)25-20(27)13-26-8-6-14(7-9-26)22(28)15-4-5-18-19(12-15)30-11-10-29-18/h1-5,12,14H,6-11,13H2,(H,25,27). The zero-order valence-electron chi connectivity index (χ0n) is 16.3. The molecule has 0 radical (unpaired) electrons. The van der Waals surface area contributed by atoms with Crippen molar-refractivity contribution in [3.05, 3.63) is 52.0 Å². The van der Waals surface area contributed by atoms with Crippen molar-refractivity contribution in [2.45, 2.75) is 12.8 Å². The van der Waals surface area contributed by atoms with Crippen molar-refractivity contribution in [2.24, 2.45) is 5.92 Å². The summed E-state index contributed by atoms with van der Waals surface area (Å²) in [4.78, 5) is 27.3. The van der Waals surface area contributed by atoms with E-state index in [2.05, 4.69) is 5.32 Å². The van der Waals surface area contributed by atoms with Gasteiger partial charge in [0.15, 0.2) is 17.3 Å². The molecule has 0 aliphatic carbocycles. The van der Waals surface area contributed by atoms with E-state index in [1.807, 2.05) is 4.90 Å². The van der Waals surface area contributed by atoms with Crippen LogP contribution in [0.3, 0.4) is 0 Å². The van der Waals surface area contributed by atoms with Crippen LogP contribution < -0.4 is 14.8 Å². The summed E-state index contributed by atoms with van der Waals surface area (Å²) in [5.41, 5.74) is 1.07. The maximum atomic E-state index is 12.9. The predicted molar refractivity (Wildman–Crippen MR) is 116 cm³/mol. The van der Waals surface area contributed by atoms with Crippen LogP contribution in [-0.2, 0) is 4.79 Å². The van der Waals surface area contributed by atoms with Gasteiger partial charge in [0.2, 0.25) is 5.91 Å². The van der Waals surface area contributed by atoms with Crippen LogP contribution >= 0.6 is 23.2 Å². The maximum Gasteiger partial charge on any atom is 0.238 e. The first-order valence-corrected chi connectivity index (χ1v) is 10.7. The van der Waals surface area contributed by atoms with E-state index >= 15 is 0 Å². The molecule has 0 spiro atoms. The second kappa shape index (κ2) is 9.25. The summed E-state index contributed by atoms with van der Waals surface area (Å²) < 4.78 is 11.1. The van der Waals surface area contributed by atoms with Gasteiger partial charge in [-0.25, -0.2) is 0 Å². The van der Waals surface area contributed by atoms with E-state index in [4.69, 9.17) is 32.7 Å². The molecule has 0 atom stereocenters. The summed E-state index contributed by atoms with van der Waals surface area (Å²) in [5.74, 6) is 1.17. The number of likely N-dealkylation sites (tertiary alicyclic amines) is 1. The van der Waals surface area contributed by atoms with E-state index < -0.39 is 0 Å². The number of nitrogens with zero attached hydrogens (tertiary/aromatic N) is 1. The van der Waals surface area contributed by atoms with Crippen molar-refractivity contribution in [3.8, 4) is 11.5 Å². The Morgan fingerprint density at radius 3 is 2.37 bits per heavy atom. The highest BCUT2D eigenvalue weighted by molar-refractivity contribution is 6.39. The van der Waals surface area contributed by atoms with Crippen LogP contribution in [0.4, 0.5) is 5.69 Å². The van der Waals surface area contributed by atoms with Crippen molar-refractivity contribution in [3.63, 3.8) is 0 Å². The summed E-state index contributed by atoms with van der Waals surface area (Å²) in [6.45, 7) is 2.58. The number of rotatable bonds is 5. The van der Waals surface area contributed by atoms with Crippen LogP contribution in [0.1, 0.15) is 23.2 Å². The molecule has 2 heterocycles. The molecule has 2 aliphatic rings. The van der Waals surface area contributed by atoms with Gasteiger partial charge in [0.05, 0.1) is 22.3 Å². The number of hydrogen-bond acceptors (Lipinski definition) is 5. The third-order valence-corrected chi connectivity index (χ3v) is 6.01. The Labute approximate surface area is 185 Å². The molecule has 6 nitrogen and oxygen atoms in total. The smallest absolute Gasteiger partial charge is 0.238 e. The van der Waals surface area contributed by atoms with Crippen LogP contribution in [0, 0.1) is 5.92 Å². The highest BCUT2D eigenvalue weighted by Gasteiger charge is 2.28. The van der Waals surface area contributed by atoms with Crippen LogP contribution in [0.5, 0.6) is 11.5 Å². The SMILES string of the molecule is O=C(CN1CCC(C(=O)c2ccc3c(c2)OCCO3)CC1)Nc1c(Cl)cccc1Cl. The lowest BCUT2D eigenvalue weighted by atomic mass is 9.88. The van der Waals surface area contributed by atoms with Crippen molar-refractivity contribution in [1.29, 1.82) is 0 Å². The number of ketones is 1. The molecule has 0 saturated carbocycles. The van der Waals surface area contributed by atoms with Crippen molar-refractivity contribution < 1.29 is 19.1 Å². The number of para-hydroxylation sites is 1. The van der Waals surface area contributed by atoms with Gasteiger partial charge in [0, 0.05) is 11.5 Å². The lowest BCUT2D eigenvalue weighted by Crippen LogP contribution is -2.40. The Kier molecular flexibility index (Phi) is 6.46. The fraction of sp³-hybridized carbons (Fsp3) is 0.364. The molecular formula is C22H22Cl2N2O4. The van der Waals surface area contributed by atoms with E-state index in [1.54, 1.807) is 36.4 Å². The molecule has 4 rings (SSSR count). The van der Waals surface area contributed by atoms with Gasteiger partial charge in [0.25, 0.3) is 0 Å². The molecule has 2 aromatic rings. The molecule has 0 unspecified atom stereocenters. The van der Waals surface area contributed by atoms with E-state index in [0.29, 0.717) is 71.9 Å². The van der Waals surface area contributed by atoms with Gasteiger partial charge < -0.3 is 14.8 Å². The number of ether oxygens (including phenoxy) is 2. The number of hydrogen-bond donors (Lipinski definition) is 1. The van der Waals surface area contributed by atoms with E-state index in [9.17, 15) is 9.59 Å². The zero-order valence-corrected chi connectivity index (χ0v) is 17.8. The predicted octanol–water partition coefficient (Wildman–Crippen LogP) is 4.30. The normalized spacial score (nSPS) is 16.9. The average molecular weight is 449 g/mol. The first-order valence-electron chi connectivity index (χ1n) is 9.91. The topological polar surface area (TPSA) is 67.9 Å². The minimum atomic E-state index is -0.179. The number of carbonyl (C=O) groups is 2.